The Morgan fingerprint density at radius 1 is 1.35 bits per heavy atom. The van der Waals surface area contributed by atoms with Crippen LogP contribution in [0.5, 0.6) is 0 Å². The van der Waals surface area contributed by atoms with Crippen molar-refractivity contribution in [3.05, 3.63) is 47.7 Å². The van der Waals surface area contributed by atoms with Crippen molar-refractivity contribution >= 4 is 5.82 Å². The van der Waals surface area contributed by atoms with Crippen LogP contribution in [0.2, 0.25) is 0 Å². The fourth-order valence-electron chi connectivity index (χ4n) is 2.91. The molecule has 0 spiro atoms. The van der Waals surface area contributed by atoms with Gasteiger partial charge in [-0.15, -0.1) is 0 Å². The van der Waals surface area contributed by atoms with Crippen molar-refractivity contribution in [2.24, 2.45) is 0 Å². The summed E-state index contributed by atoms with van der Waals surface area (Å²) < 4.78 is 5.11. The summed E-state index contributed by atoms with van der Waals surface area (Å²) in [6.45, 7) is 2.29. The van der Waals surface area contributed by atoms with E-state index in [2.05, 4.69) is 25.9 Å². The Bertz CT molecular complexity index is 695. The molecule has 1 fully saturated rings. The van der Waals surface area contributed by atoms with Crippen LogP contribution < -0.4 is 4.90 Å². The quantitative estimate of drug-likeness (QED) is 0.862. The van der Waals surface area contributed by atoms with Crippen molar-refractivity contribution in [3.63, 3.8) is 0 Å². The molecular formula is C17H19N5O. The summed E-state index contributed by atoms with van der Waals surface area (Å²) in [6, 6.07) is 7.81. The number of ether oxygens (including phenoxy) is 1. The number of hydrogen-bond acceptors (Lipinski definition) is 6. The van der Waals surface area contributed by atoms with Gasteiger partial charge < -0.3 is 9.64 Å². The van der Waals surface area contributed by atoms with Crippen LogP contribution in [0.15, 0.2) is 30.6 Å². The Labute approximate surface area is 135 Å². The van der Waals surface area contributed by atoms with Gasteiger partial charge in [0.05, 0.1) is 5.56 Å². The van der Waals surface area contributed by atoms with Crippen LogP contribution >= 0.6 is 0 Å². The van der Waals surface area contributed by atoms with Crippen molar-refractivity contribution in [1.29, 1.82) is 5.26 Å². The van der Waals surface area contributed by atoms with E-state index >= 15 is 0 Å². The molecule has 1 atom stereocenters. The molecule has 0 radical (unpaired) electrons. The molecule has 1 aliphatic rings. The molecule has 0 bridgehead atoms. The Balaban J connectivity index is 1.75. The van der Waals surface area contributed by atoms with Gasteiger partial charge in [0.25, 0.3) is 0 Å². The maximum atomic E-state index is 8.87. The second kappa shape index (κ2) is 7.16. The average Bonchev–Trinajstić information content (AvgIpc) is 2.62. The van der Waals surface area contributed by atoms with E-state index in [1.165, 1.54) is 0 Å². The van der Waals surface area contributed by atoms with Gasteiger partial charge in [0, 0.05) is 44.2 Å². The van der Waals surface area contributed by atoms with E-state index < -0.39 is 0 Å². The Kier molecular flexibility index (Phi) is 4.79. The highest BCUT2D eigenvalue weighted by atomic mass is 16.5. The minimum atomic E-state index is 0.361. The summed E-state index contributed by atoms with van der Waals surface area (Å²) in [5.41, 5.74) is 1.65. The zero-order valence-electron chi connectivity index (χ0n) is 13.1. The zero-order valence-corrected chi connectivity index (χ0v) is 13.1. The molecule has 0 saturated carbocycles. The largest absolute Gasteiger partial charge is 0.377 e. The highest BCUT2D eigenvalue weighted by Gasteiger charge is 2.23. The first-order valence-corrected chi connectivity index (χ1v) is 7.72. The highest BCUT2D eigenvalue weighted by Crippen LogP contribution is 2.28. The molecule has 6 heteroatoms. The molecule has 2 aromatic rings. The molecule has 0 N–H and O–H groups in total. The van der Waals surface area contributed by atoms with Crippen molar-refractivity contribution < 1.29 is 4.74 Å². The van der Waals surface area contributed by atoms with E-state index in [0.29, 0.717) is 18.1 Å². The number of anilines is 1. The average molecular weight is 309 g/mol. The van der Waals surface area contributed by atoms with Gasteiger partial charge in [-0.2, -0.15) is 5.26 Å². The highest BCUT2D eigenvalue weighted by molar-refractivity contribution is 5.43. The van der Waals surface area contributed by atoms with Crippen LogP contribution in [0, 0.1) is 11.3 Å². The van der Waals surface area contributed by atoms with Gasteiger partial charge in [-0.25, -0.2) is 15.0 Å². The molecule has 0 aromatic carbocycles. The molecular weight excluding hydrogens is 290 g/mol. The molecule has 3 rings (SSSR count). The fraction of sp³-hybridized carbons (Fsp3) is 0.412. The van der Waals surface area contributed by atoms with Gasteiger partial charge >= 0.3 is 0 Å². The number of rotatable bonds is 4. The van der Waals surface area contributed by atoms with E-state index in [9.17, 15) is 0 Å². The molecule has 0 unspecified atom stereocenters. The van der Waals surface area contributed by atoms with E-state index in [-0.39, 0.29) is 0 Å². The maximum absolute atomic E-state index is 8.87. The minimum Gasteiger partial charge on any atom is -0.377 e. The van der Waals surface area contributed by atoms with Crippen molar-refractivity contribution in [2.75, 3.05) is 25.1 Å². The SMILES string of the molecule is COCc1nccc([C@@H]2CCCN(c3ccc(C#N)cn3)C2)n1. The van der Waals surface area contributed by atoms with Crippen LogP contribution in [0.1, 0.15) is 35.8 Å². The first-order chi connectivity index (χ1) is 11.3. The molecule has 1 saturated heterocycles. The van der Waals surface area contributed by atoms with Crippen LogP contribution in [-0.4, -0.2) is 35.2 Å². The third-order valence-corrected chi connectivity index (χ3v) is 4.04. The second-order valence-electron chi connectivity index (χ2n) is 5.63. The number of nitriles is 1. The predicted octanol–water partition coefficient (Wildman–Crippen LogP) is 2.27. The van der Waals surface area contributed by atoms with Gasteiger partial charge in [-0.05, 0) is 31.0 Å². The lowest BCUT2D eigenvalue weighted by Crippen LogP contribution is -2.35. The normalized spacial score (nSPS) is 17.7. The van der Waals surface area contributed by atoms with E-state index in [1.54, 1.807) is 19.5 Å². The van der Waals surface area contributed by atoms with Crippen LogP contribution in [0.25, 0.3) is 0 Å². The van der Waals surface area contributed by atoms with Crippen LogP contribution in [0.3, 0.4) is 0 Å². The number of nitrogens with zero attached hydrogens (tertiary/aromatic N) is 5. The molecule has 23 heavy (non-hydrogen) atoms. The van der Waals surface area contributed by atoms with Crippen molar-refractivity contribution in [3.8, 4) is 6.07 Å². The molecule has 0 aliphatic carbocycles. The molecule has 1 aliphatic heterocycles. The lowest BCUT2D eigenvalue weighted by molar-refractivity contribution is 0.177. The number of hydrogen-bond donors (Lipinski definition) is 0. The van der Waals surface area contributed by atoms with E-state index in [1.807, 2.05) is 18.2 Å². The van der Waals surface area contributed by atoms with Crippen LogP contribution in [-0.2, 0) is 11.3 Å². The van der Waals surface area contributed by atoms with E-state index in [4.69, 9.17) is 10.00 Å². The Morgan fingerprint density at radius 2 is 2.26 bits per heavy atom. The predicted molar refractivity (Wildman–Crippen MR) is 85.9 cm³/mol. The van der Waals surface area contributed by atoms with E-state index in [0.717, 1.165) is 43.3 Å². The Morgan fingerprint density at radius 3 is 3.00 bits per heavy atom. The lowest BCUT2D eigenvalue weighted by Gasteiger charge is -2.33. The third kappa shape index (κ3) is 3.63. The van der Waals surface area contributed by atoms with Gasteiger partial charge in [0.1, 0.15) is 18.5 Å². The summed E-state index contributed by atoms with van der Waals surface area (Å²) in [6.07, 6.45) is 5.63. The summed E-state index contributed by atoms with van der Waals surface area (Å²) in [7, 11) is 1.65. The minimum absolute atomic E-state index is 0.361. The molecule has 0 amide bonds. The lowest BCUT2D eigenvalue weighted by atomic mass is 9.94. The third-order valence-electron chi connectivity index (χ3n) is 4.04. The molecule has 3 heterocycles. The molecule has 2 aromatic heterocycles. The van der Waals surface area contributed by atoms with Gasteiger partial charge in [0.2, 0.25) is 0 Å². The van der Waals surface area contributed by atoms with Gasteiger partial charge in [0.15, 0.2) is 5.82 Å². The molecule has 118 valence electrons. The van der Waals surface area contributed by atoms with Gasteiger partial charge in [-0.3, -0.25) is 0 Å². The maximum Gasteiger partial charge on any atom is 0.154 e. The number of pyridine rings is 1. The standard InChI is InChI=1S/C17H19N5O/c1-23-12-16-19-7-6-15(21-16)14-3-2-8-22(11-14)17-5-4-13(9-18)10-20-17/h4-7,10,14H,2-3,8,11-12H2,1H3/t14-/m1/s1. The summed E-state index contributed by atoms with van der Waals surface area (Å²) in [4.78, 5) is 15.5. The van der Waals surface area contributed by atoms with Crippen molar-refractivity contribution in [1.82, 2.24) is 15.0 Å². The van der Waals surface area contributed by atoms with Crippen molar-refractivity contribution in [2.45, 2.75) is 25.4 Å². The smallest absolute Gasteiger partial charge is 0.154 e. The first kappa shape index (κ1) is 15.4. The zero-order chi connectivity index (χ0) is 16.1. The second-order valence-corrected chi connectivity index (χ2v) is 5.63. The van der Waals surface area contributed by atoms with Crippen LogP contribution in [0.4, 0.5) is 5.82 Å². The fourth-order valence-corrected chi connectivity index (χ4v) is 2.91. The summed E-state index contributed by atoms with van der Waals surface area (Å²) in [5.74, 6) is 2.00. The van der Waals surface area contributed by atoms with Gasteiger partial charge in [-0.1, -0.05) is 0 Å². The monoisotopic (exact) mass is 309 g/mol. The number of piperidine rings is 1. The Hall–Kier alpha value is -2.52. The number of aromatic nitrogens is 3. The number of methoxy groups -OCH3 is 1. The summed E-state index contributed by atoms with van der Waals surface area (Å²) in [5, 5.41) is 8.87. The topological polar surface area (TPSA) is 74.9 Å². The first-order valence-electron chi connectivity index (χ1n) is 7.72. The molecule has 6 nitrogen and oxygen atoms in total. The summed E-state index contributed by atoms with van der Waals surface area (Å²) >= 11 is 0.